The molecule has 0 spiro atoms. The van der Waals surface area contributed by atoms with Gasteiger partial charge in [-0.25, -0.2) is 0 Å². The molecule has 0 saturated heterocycles. The Labute approximate surface area is 122 Å². The number of thiophene rings is 1. The Hall–Kier alpha value is -1.84. The summed E-state index contributed by atoms with van der Waals surface area (Å²) < 4.78 is 0. The largest absolute Gasteiger partial charge is 0.384 e. The minimum atomic E-state index is -0.790. The van der Waals surface area contributed by atoms with Crippen LogP contribution in [0.5, 0.6) is 0 Å². The van der Waals surface area contributed by atoms with Crippen molar-refractivity contribution in [1.82, 2.24) is 5.32 Å². The van der Waals surface area contributed by atoms with Gasteiger partial charge in [-0.15, -0.1) is 11.3 Å². The zero-order valence-corrected chi connectivity index (χ0v) is 12.6. The van der Waals surface area contributed by atoms with E-state index in [-0.39, 0.29) is 19.1 Å². The van der Waals surface area contributed by atoms with E-state index in [1.54, 1.807) is 19.9 Å². The van der Waals surface area contributed by atoms with Crippen molar-refractivity contribution in [3.63, 3.8) is 0 Å². The van der Waals surface area contributed by atoms with Crippen LogP contribution in [0.2, 0.25) is 0 Å². The molecule has 0 atom stereocenters. The number of rotatable bonds is 4. The van der Waals surface area contributed by atoms with Crippen molar-refractivity contribution in [2.45, 2.75) is 20.8 Å². The van der Waals surface area contributed by atoms with Crippen LogP contribution in [-0.2, 0) is 4.79 Å². The van der Waals surface area contributed by atoms with Crippen LogP contribution in [0.4, 0.5) is 0 Å². The van der Waals surface area contributed by atoms with Crippen molar-refractivity contribution >= 4 is 23.2 Å². The van der Waals surface area contributed by atoms with Crippen molar-refractivity contribution in [3.8, 4) is 11.8 Å². The first-order valence-electron chi connectivity index (χ1n) is 6.06. The van der Waals surface area contributed by atoms with Gasteiger partial charge in [0, 0.05) is 6.54 Å². The van der Waals surface area contributed by atoms with E-state index >= 15 is 0 Å². The van der Waals surface area contributed by atoms with E-state index in [2.05, 4.69) is 17.2 Å². The Bertz CT molecular complexity index is 579. The number of carbonyl (C=O) groups excluding carboxylic acids is 2. The van der Waals surface area contributed by atoms with Crippen molar-refractivity contribution in [2.75, 3.05) is 13.2 Å². The molecule has 1 rings (SSSR count). The number of nitrogens with two attached hydrogens (primary N) is 1. The average Bonchev–Trinajstić information content (AvgIpc) is 2.75. The van der Waals surface area contributed by atoms with E-state index < -0.39 is 11.3 Å². The molecule has 6 heteroatoms. The topological polar surface area (TPSA) is 92.4 Å². The second-order valence-electron chi connectivity index (χ2n) is 5.01. The molecule has 108 valence electrons. The molecule has 0 unspecified atom stereocenters. The molecule has 0 aliphatic carbocycles. The Morgan fingerprint density at radius 1 is 1.50 bits per heavy atom. The minimum Gasteiger partial charge on any atom is -0.384 e. The summed E-state index contributed by atoms with van der Waals surface area (Å²) in [6.45, 7) is 5.16. The quantitative estimate of drug-likeness (QED) is 0.712. The second-order valence-corrected chi connectivity index (χ2v) is 6.07. The number of primary amides is 1. The van der Waals surface area contributed by atoms with Crippen LogP contribution >= 0.6 is 11.3 Å². The van der Waals surface area contributed by atoms with Crippen LogP contribution in [0.3, 0.4) is 0 Å². The van der Waals surface area contributed by atoms with Gasteiger partial charge in [-0.2, -0.15) is 0 Å². The van der Waals surface area contributed by atoms with Gasteiger partial charge in [0.15, 0.2) is 0 Å². The van der Waals surface area contributed by atoms with Crippen molar-refractivity contribution < 1.29 is 14.7 Å². The number of carbonyl (C=O) groups is 2. The van der Waals surface area contributed by atoms with Crippen molar-refractivity contribution in [3.05, 3.63) is 21.4 Å². The van der Waals surface area contributed by atoms with Gasteiger partial charge in [0.1, 0.15) is 6.61 Å². The summed E-state index contributed by atoms with van der Waals surface area (Å²) in [6.07, 6.45) is 0. The van der Waals surface area contributed by atoms with Crippen LogP contribution in [0.25, 0.3) is 0 Å². The molecule has 0 saturated carbocycles. The number of aliphatic hydroxyl groups excluding tert-OH is 1. The Morgan fingerprint density at radius 3 is 2.70 bits per heavy atom. The number of nitrogens with one attached hydrogen (secondary N) is 1. The van der Waals surface area contributed by atoms with Crippen LogP contribution in [-0.4, -0.2) is 30.1 Å². The standard InChI is InChI=1S/C14H18N2O3S/c1-9-7-11(20-10(9)5-4-6-17)12(18)16-8-14(2,3)13(15)19/h7,17H,6,8H2,1-3H3,(H2,15,19)(H,16,18). The smallest absolute Gasteiger partial charge is 0.261 e. The summed E-state index contributed by atoms with van der Waals surface area (Å²) in [5.41, 5.74) is 5.34. The van der Waals surface area contributed by atoms with E-state index in [0.29, 0.717) is 4.88 Å². The normalized spacial score (nSPS) is 10.6. The fourth-order valence-corrected chi connectivity index (χ4v) is 2.28. The van der Waals surface area contributed by atoms with Crippen LogP contribution in [0.1, 0.15) is 34.0 Å². The highest BCUT2D eigenvalue weighted by atomic mass is 32.1. The van der Waals surface area contributed by atoms with E-state index in [9.17, 15) is 9.59 Å². The first-order valence-corrected chi connectivity index (χ1v) is 6.88. The van der Waals surface area contributed by atoms with Crippen LogP contribution in [0, 0.1) is 24.2 Å². The highest BCUT2D eigenvalue weighted by molar-refractivity contribution is 7.14. The van der Waals surface area contributed by atoms with Gasteiger partial charge in [-0.3, -0.25) is 9.59 Å². The maximum atomic E-state index is 12.0. The summed E-state index contributed by atoms with van der Waals surface area (Å²) >= 11 is 1.25. The van der Waals surface area contributed by atoms with Gasteiger partial charge < -0.3 is 16.2 Å². The molecule has 5 nitrogen and oxygen atoms in total. The lowest BCUT2D eigenvalue weighted by Crippen LogP contribution is -2.42. The van der Waals surface area contributed by atoms with Gasteiger partial charge in [0.2, 0.25) is 5.91 Å². The first-order chi connectivity index (χ1) is 9.27. The Kier molecular flexibility index (Phi) is 5.31. The molecule has 0 aromatic carbocycles. The highest BCUT2D eigenvalue weighted by Crippen LogP contribution is 2.21. The molecule has 1 aromatic rings. The first kappa shape index (κ1) is 16.2. The maximum absolute atomic E-state index is 12.0. The van der Waals surface area contributed by atoms with Crippen LogP contribution < -0.4 is 11.1 Å². The van der Waals surface area contributed by atoms with Gasteiger partial charge in [-0.1, -0.05) is 11.8 Å². The zero-order chi connectivity index (χ0) is 15.3. The summed E-state index contributed by atoms with van der Waals surface area (Å²) in [6, 6.07) is 1.73. The molecule has 20 heavy (non-hydrogen) atoms. The lowest BCUT2D eigenvalue weighted by Gasteiger charge is -2.20. The fraction of sp³-hybridized carbons (Fsp3) is 0.429. The molecule has 0 aliphatic rings. The third-order valence-corrected chi connectivity index (χ3v) is 3.93. The van der Waals surface area contributed by atoms with E-state index in [4.69, 9.17) is 10.8 Å². The number of aryl methyl sites for hydroxylation is 1. The molecule has 0 aliphatic heterocycles. The number of hydrogen-bond acceptors (Lipinski definition) is 4. The lowest BCUT2D eigenvalue weighted by molar-refractivity contribution is -0.125. The average molecular weight is 294 g/mol. The predicted octanol–water partition coefficient (Wildman–Crippen LogP) is 0.642. The monoisotopic (exact) mass is 294 g/mol. The summed E-state index contributed by atoms with van der Waals surface area (Å²) in [5, 5.41) is 11.4. The second kappa shape index (κ2) is 6.55. The van der Waals surface area contributed by atoms with E-state index in [1.165, 1.54) is 11.3 Å². The van der Waals surface area contributed by atoms with Gasteiger partial charge in [0.05, 0.1) is 15.2 Å². The van der Waals surface area contributed by atoms with Gasteiger partial charge >= 0.3 is 0 Å². The van der Waals surface area contributed by atoms with E-state index in [0.717, 1.165) is 10.4 Å². The predicted molar refractivity (Wildman–Crippen MR) is 78.3 cm³/mol. The Balaban J connectivity index is 2.77. The SMILES string of the molecule is Cc1cc(C(=O)NCC(C)(C)C(N)=O)sc1C#CCO. The number of amides is 2. The van der Waals surface area contributed by atoms with Crippen molar-refractivity contribution in [1.29, 1.82) is 0 Å². The molecule has 0 bridgehead atoms. The molecule has 1 aromatic heterocycles. The zero-order valence-electron chi connectivity index (χ0n) is 11.7. The third kappa shape index (κ3) is 4.08. The summed E-state index contributed by atoms with van der Waals surface area (Å²) in [4.78, 5) is 24.4. The Morgan fingerprint density at radius 2 is 2.15 bits per heavy atom. The highest BCUT2D eigenvalue weighted by Gasteiger charge is 2.26. The summed E-state index contributed by atoms with van der Waals surface area (Å²) in [7, 11) is 0. The molecule has 1 heterocycles. The molecular weight excluding hydrogens is 276 g/mol. The molecule has 0 radical (unpaired) electrons. The number of aliphatic hydroxyl groups is 1. The van der Waals surface area contributed by atoms with E-state index in [1.807, 2.05) is 6.92 Å². The summed E-state index contributed by atoms with van der Waals surface area (Å²) in [5.74, 6) is 4.62. The molecule has 4 N–H and O–H groups in total. The third-order valence-electron chi connectivity index (χ3n) is 2.78. The molecule has 2 amide bonds. The number of hydrogen-bond donors (Lipinski definition) is 3. The van der Waals surface area contributed by atoms with Crippen LogP contribution in [0.15, 0.2) is 6.07 Å². The van der Waals surface area contributed by atoms with Gasteiger partial charge in [-0.05, 0) is 32.4 Å². The lowest BCUT2D eigenvalue weighted by atomic mass is 9.93. The fourth-order valence-electron chi connectivity index (χ4n) is 1.31. The molecule has 0 fully saturated rings. The maximum Gasteiger partial charge on any atom is 0.261 e. The van der Waals surface area contributed by atoms with Gasteiger partial charge in [0.25, 0.3) is 5.91 Å². The van der Waals surface area contributed by atoms with Crippen molar-refractivity contribution in [2.24, 2.45) is 11.1 Å². The minimum absolute atomic E-state index is 0.176. The molecular formula is C14H18N2O3S.